The van der Waals surface area contributed by atoms with Crippen LogP contribution in [0.5, 0.6) is 0 Å². The Hall–Kier alpha value is -2.81. The van der Waals surface area contributed by atoms with Crippen LogP contribution in [0, 0.1) is 18.6 Å². The van der Waals surface area contributed by atoms with Gasteiger partial charge in [-0.1, -0.05) is 16.9 Å². The van der Waals surface area contributed by atoms with Crippen molar-refractivity contribution in [2.75, 3.05) is 11.1 Å². The highest BCUT2D eigenvalue weighted by atomic mass is 32.2. The van der Waals surface area contributed by atoms with Gasteiger partial charge in [-0.15, -0.1) is 0 Å². The summed E-state index contributed by atoms with van der Waals surface area (Å²) >= 11 is 1.21. The van der Waals surface area contributed by atoms with Crippen LogP contribution in [0.15, 0.2) is 46.1 Å². The van der Waals surface area contributed by atoms with Crippen LogP contribution in [-0.2, 0) is 4.79 Å². The number of benzene rings is 1. The Morgan fingerprint density at radius 1 is 1.24 bits per heavy atom. The fraction of sp³-hybridized carbons (Fsp3) is 0.125. The number of aromatic nitrogens is 3. The smallest absolute Gasteiger partial charge is 0.259 e. The Morgan fingerprint density at radius 3 is 2.72 bits per heavy atom. The lowest BCUT2D eigenvalue weighted by molar-refractivity contribution is -0.113. The predicted octanol–water partition coefficient (Wildman–Crippen LogP) is 3.45. The number of carbonyl (C=O) groups is 1. The molecule has 0 unspecified atom stereocenters. The van der Waals surface area contributed by atoms with Gasteiger partial charge in [-0.25, -0.2) is 13.8 Å². The van der Waals surface area contributed by atoms with E-state index in [2.05, 4.69) is 20.4 Å². The average Bonchev–Trinajstić information content (AvgIpc) is 3.03. The molecule has 0 saturated carbocycles. The first kappa shape index (κ1) is 17.0. The molecule has 0 saturated heterocycles. The van der Waals surface area contributed by atoms with Gasteiger partial charge in [0.2, 0.25) is 5.91 Å². The van der Waals surface area contributed by atoms with Crippen molar-refractivity contribution in [1.29, 1.82) is 0 Å². The van der Waals surface area contributed by atoms with Crippen LogP contribution in [0.2, 0.25) is 0 Å². The SMILES string of the molecule is Cc1noc(-c2ccc(SCC(=O)Nc3ccc(F)c(F)c3)nc2)n1. The van der Waals surface area contributed by atoms with Crippen molar-refractivity contribution in [3.05, 3.63) is 54.0 Å². The second-order valence-corrected chi connectivity index (χ2v) is 5.99. The number of nitrogens with one attached hydrogen (secondary N) is 1. The molecule has 2 heterocycles. The molecule has 25 heavy (non-hydrogen) atoms. The van der Waals surface area contributed by atoms with Gasteiger partial charge in [-0.05, 0) is 31.2 Å². The molecule has 0 bridgehead atoms. The van der Waals surface area contributed by atoms with E-state index < -0.39 is 11.6 Å². The Labute approximate surface area is 145 Å². The molecule has 0 fully saturated rings. The third-order valence-electron chi connectivity index (χ3n) is 3.07. The quantitative estimate of drug-likeness (QED) is 0.700. The van der Waals surface area contributed by atoms with Crippen LogP contribution in [0.4, 0.5) is 14.5 Å². The average molecular weight is 362 g/mol. The summed E-state index contributed by atoms with van der Waals surface area (Å²) in [5, 5.41) is 6.82. The van der Waals surface area contributed by atoms with Gasteiger partial charge in [0.25, 0.3) is 5.89 Å². The maximum Gasteiger partial charge on any atom is 0.259 e. The van der Waals surface area contributed by atoms with Gasteiger partial charge >= 0.3 is 0 Å². The van der Waals surface area contributed by atoms with E-state index in [4.69, 9.17) is 4.52 Å². The summed E-state index contributed by atoms with van der Waals surface area (Å²) in [7, 11) is 0. The van der Waals surface area contributed by atoms with Gasteiger partial charge in [-0.2, -0.15) is 4.98 Å². The minimum atomic E-state index is -1.01. The van der Waals surface area contributed by atoms with Gasteiger partial charge in [0.1, 0.15) is 0 Å². The van der Waals surface area contributed by atoms with Gasteiger partial charge in [0, 0.05) is 18.0 Å². The second kappa shape index (κ2) is 7.39. The summed E-state index contributed by atoms with van der Waals surface area (Å²) in [6, 6.07) is 6.66. The number of anilines is 1. The zero-order valence-corrected chi connectivity index (χ0v) is 13.8. The van der Waals surface area contributed by atoms with Crippen molar-refractivity contribution >= 4 is 23.4 Å². The standard InChI is InChI=1S/C16H12F2N4O2S/c1-9-20-16(24-22-9)10-2-5-15(19-7-10)25-8-14(23)21-11-3-4-12(17)13(18)6-11/h2-7H,8H2,1H3,(H,21,23). The van der Waals surface area contributed by atoms with Crippen LogP contribution in [0.3, 0.4) is 0 Å². The number of hydrogen-bond acceptors (Lipinski definition) is 6. The number of hydrogen-bond donors (Lipinski definition) is 1. The van der Waals surface area contributed by atoms with E-state index in [1.54, 1.807) is 25.3 Å². The molecular weight excluding hydrogens is 350 g/mol. The van der Waals surface area contributed by atoms with Crippen LogP contribution in [-0.4, -0.2) is 26.8 Å². The Balaban J connectivity index is 1.55. The van der Waals surface area contributed by atoms with Crippen molar-refractivity contribution in [2.45, 2.75) is 11.9 Å². The molecule has 3 aromatic rings. The third kappa shape index (κ3) is 4.38. The number of amides is 1. The van der Waals surface area contributed by atoms with Crippen molar-refractivity contribution in [3.63, 3.8) is 0 Å². The fourth-order valence-electron chi connectivity index (χ4n) is 1.92. The molecule has 0 radical (unpaired) electrons. The molecule has 0 aliphatic heterocycles. The van der Waals surface area contributed by atoms with E-state index in [0.29, 0.717) is 22.3 Å². The summed E-state index contributed by atoms with van der Waals surface area (Å²) in [5.74, 6) is -1.35. The number of carbonyl (C=O) groups excluding carboxylic acids is 1. The predicted molar refractivity (Wildman–Crippen MR) is 88.0 cm³/mol. The lowest BCUT2D eigenvalue weighted by Crippen LogP contribution is -2.14. The molecule has 0 atom stereocenters. The number of nitrogens with zero attached hydrogens (tertiary/aromatic N) is 3. The maximum atomic E-state index is 13.1. The molecule has 6 nitrogen and oxygen atoms in total. The van der Waals surface area contributed by atoms with E-state index in [9.17, 15) is 13.6 Å². The lowest BCUT2D eigenvalue weighted by atomic mass is 10.3. The number of aryl methyl sites for hydroxylation is 1. The summed E-state index contributed by atoms with van der Waals surface area (Å²) in [5.41, 5.74) is 0.871. The molecule has 0 aliphatic carbocycles. The van der Waals surface area contributed by atoms with E-state index in [0.717, 1.165) is 12.1 Å². The highest BCUT2D eigenvalue weighted by Gasteiger charge is 2.09. The van der Waals surface area contributed by atoms with Crippen molar-refractivity contribution < 1.29 is 18.1 Å². The molecule has 3 rings (SSSR count). The normalized spacial score (nSPS) is 10.7. The molecule has 9 heteroatoms. The van der Waals surface area contributed by atoms with Crippen molar-refractivity contribution in [3.8, 4) is 11.5 Å². The Morgan fingerprint density at radius 2 is 2.08 bits per heavy atom. The number of thioether (sulfide) groups is 1. The van der Waals surface area contributed by atoms with Gasteiger partial charge in [0.05, 0.1) is 16.3 Å². The van der Waals surface area contributed by atoms with Crippen LogP contribution in [0.1, 0.15) is 5.82 Å². The van der Waals surface area contributed by atoms with Gasteiger partial charge in [0.15, 0.2) is 17.5 Å². The second-order valence-electron chi connectivity index (χ2n) is 5.00. The largest absolute Gasteiger partial charge is 0.334 e. The van der Waals surface area contributed by atoms with Gasteiger partial charge in [-0.3, -0.25) is 4.79 Å². The molecular formula is C16H12F2N4O2S. The molecule has 1 N–H and O–H groups in total. The topological polar surface area (TPSA) is 80.9 Å². The summed E-state index contributed by atoms with van der Waals surface area (Å²) in [6.45, 7) is 1.72. The molecule has 2 aromatic heterocycles. The molecule has 128 valence electrons. The number of pyridine rings is 1. The zero-order chi connectivity index (χ0) is 17.8. The van der Waals surface area contributed by atoms with E-state index in [1.165, 1.54) is 17.8 Å². The summed E-state index contributed by atoms with van der Waals surface area (Å²) in [4.78, 5) is 20.2. The minimum Gasteiger partial charge on any atom is -0.334 e. The Kier molecular flexibility index (Phi) is 5.03. The molecule has 1 amide bonds. The van der Waals surface area contributed by atoms with Crippen LogP contribution in [0.25, 0.3) is 11.5 Å². The molecule has 0 aliphatic rings. The van der Waals surface area contributed by atoms with E-state index >= 15 is 0 Å². The summed E-state index contributed by atoms with van der Waals surface area (Å²) < 4.78 is 31.0. The van der Waals surface area contributed by atoms with Crippen molar-refractivity contribution in [2.24, 2.45) is 0 Å². The van der Waals surface area contributed by atoms with Crippen molar-refractivity contribution in [1.82, 2.24) is 15.1 Å². The molecule has 0 spiro atoms. The van der Waals surface area contributed by atoms with Gasteiger partial charge < -0.3 is 9.84 Å². The molecule has 1 aromatic carbocycles. The highest BCUT2D eigenvalue weighted by Crippen LogP contribution is 2.21. The van der Waals surface area contributed by atoms with Crippen LogP contribution >= 0.6 is 11.8 Å². The highest BCUT2D eigenvalue weighted by molar-refractivity contribution is 7.99. The number of halogens is 2. The first-order valence-corrected chi connectivity index (χ1v) is 8.14. The first-order valence-electron chi connectivity index (χ1n) is 7.16. The third-order valence-corrected chi connectivity index (χ3v) is 4.01. The minimum absolute atomic E-state index is 0.0744. The zero-order valence-electron chi connectivity index (χ0n) is 13.0. The number of rotatable bonds is 5. The van der Waals surface area contributed by atoms with E-state index in [-0.39, 0.29) is 17.3 Å². The maximum absolute atomic E-state index is 13.1. The monoisotopic (exact) mass is 362 g/mol. The fourth-order valence-corrected chi connectivity index (χ4v) is 2.56. The lowest BCUT2D eigenvalue weighted by Gasteiger charge is -2.05. The Bertz CT molecular complexity index is 899. The van der Waals surface area contributed by atoms with Crippen LogP contribution < -0.4 is 5.32 Å². The summed E-state index contributed by atoms with van der Waals surface area (Å²) in [6.07, 6.45) is 1.57. The van der Waals surface area contributed by atoms with E-state index in [1.807, 2.05) is 0 Å². The first-order chi connectivity index (χ1) is 12.0.